The van der Waals surface area contributed by atoms with Gasteiger partial charge in [0.05, 0.1) is 0 Å². The van der Waals surface area contributed by atoms with Crippen molar-refractivity contribution < 1.29 is 0 Å². The Labute approximate surface area is 80.2 Å². The van der Waals surface area contributed by atoms with Gasteiger partial charge < -0.3 is 4.98 Å². The standard InChI is InChI=1S/C12H17N/c1-3-5-7-11-9-10-12(13-11)8-6-4-2/h3-6,9-10,13H,7-8H2,1-2H3. The summed E-state index contributed by atoms with van der Waals surface area (Å²) in [5, 5.41) is 0. The van der Waals surface area contributed by atoms with Crippen LogP contribution >= 0.6 is 0 Å². The third kappa shape index (κ3) is 3.32. The van der Waals surface area contributed by atoms with Gasteiger partial charge in [-0.05, 0) is 26.0 Å². The molecule has 0 aliphatic carbocycles. The van der Waals surface area contributed by atoms with E-state index >= 15 is 0 Å². The van der Waals surface area contributed by atoms with E-state index < -0.39 is 0 Å². The van der Waals surface area contributed by atoms with E-state index in [-0.39, 0.29) is 0 Å². The smallest absolute Gasteiger partial charge is 0.0187 e. The molecule has 1 N–H and O–H groups in total. The van der Waals surface area contributed by atoms with Crippen molar-refractivity contribution in [3.8, 4) is 0 Å². The van der Waals surface area contributed by atoms with Gasteiger partial charge in [0, 0.05) is 24.2 Å². The van der Waals surface area contributed by atoms with Crippen molar-refractivity contribution in [3.05, 3.63) is 47.8 Å². The Balaban J connectivity index is 2.53. The minimum atomic E-state index is 1.01. The summed E-state index contributed by atoms with van der Waals surface area (Å²) >= 11 is 0. The molecule has 70 valence electrons. The second-order valence-electron chi connectivity index (χ2n) is 3.06. The first-order valence-corrected chi connectivity index (χ1v) is 4.76. The monoisotopic (exact) mass is 175 g/mol. The molecule has 0 spiro atoms. The van der Waals surface area contributed by atoms with Gasteiger partial charge in [-0.15, -0.1) is 0 Å². The highest BCUT2D eigenvalue weighted by Crippen LogP contribution is 2.04. The van der Waals surface area contributed by atoms with Gasteiger partial charge in [0.15, 0.2) is 0 Å². The van der Waals surface area contributed by atoms with Crippen molar-refractivity contribution >= 4 is 0 Å². The molecule has 0 radical (unpaired) electrons. The summed E-state index contributed by atoms with van der Waals surface area (Å²) in [7, 11) is 0. The van der Waals surface area contributed by atoms with Gasteiger partial charge in [-0.1, -0.05) is 24.3 Å². The zero-order valence-electron chi connectivity index (χ0n) is 8.38. The van der Waals surface area contributed by atoms with Crippen molar-refractivity contribution in [3.63, 3.8) is 0 Å². The molecule has 13 heavy (non-hydrogen) atoms. The fourth-order valence-electron chi connectivity index (χ4n) is 1.22. The van der Waals surface area contributed by atoms with E-state index in [1.165, 1.54) is 11.4 Å². The summed E-state index contributed by atoms with van der Waals surface area (Å²) in [5.41, 5.74) is 2.58. The second kappa shape index (κ2) is 5.41. The maximum Gasteiger partial charge on any atom is 0.0187 e. The Hall–Kier alpha value is -1.24. The third-order valence-corrected chi connectivity index (χ3v) is 1.95. The molecule has 0 aliphatic rings. The van der Waals surface area contributed by atoms with Gasteiger partial charge in [-0.3, -0.25) is 0 Å². The van der Waals surface area contributed by atoms with E-state index in [1.807, 2.05) is 13.8 Å². The van der Waals surface area contributed by atoms with Crippen LogP contribution < -0.4 is 0 Å². The molecule has 0 fully saturated rings. The molecule has 0 atom stereocenters. The Morgan fingerprint density at radius 1 is 1.00 bits per heavy atom. The van der Waals surface area contributed by atoms with Crippen molar-refractivity contribution in [1.82, 2.24) is 4.98 Å². The Morgan fingerprint density at radius 2 is 1.46 bits per heavy atom. The minimum absolute atomic E-state index is 1.01. The average Bonchev–Trinajstić information content (AvgIpc) is 2.59. The van der Waals surface area contributed by atoms with Gasteiger partial charge in [0.25, 0.3) is 0 Å². The largest absolute Gasteiger partial charge is 0.362 e. The van der Waals surface area contributed by atoms with Gasteiger partial charge in [0.1, 0.15) is 0 Å². The molecule has 0 amide bonds. The van der Waals surface area contributed by atoms with Crippen LogP contribution in [0.25, 0.3) is 0 Å². The maximum absolute atomic E-state index is 3.38. The van der Waals surface area contributed by atoms with Crippen molar-refractivity contribution in [2.24, 2.45) is 0 Å². The summed E-state index contributed by atoms with van der Waals surface area (Å²) in [5.74, 6) is 0. The number of nitrogens with one attached hydrogen (secondary N) is 1. The predicted octanol–water partition coefficient (Wildman–Crippen LogP) is 3.25. The Bertz CT molecular complexity index is 263. The summed E-state index contributed by atoms with van der Waals surface area (Å²) in [6.45, 7) is 4.09. The molecule has 1 heteroatoms. The summed E-state index contributed by atoms with van der Waals surface area (Å²) in [6.07, 6.45) is 10.5. The van der Waals surface area contributed by atoms with Crippen LogP contribution in [0, 0.1) is 0 Å². The number of aromatic amines is 1. The van der Waals surface area contributed by atoms with Gasteiger partial charge in [-0.2, -0.15) is 0 Å². The molecular weight excluding hydrogens is 158 g/mol. The number of rotatable bonds is 4. The molecule has 0 saturated heterocycles. The van der Waals surface area contributed by atoms with E-state index in [0.717, 1.165) is 12.8 Å². The molecule has 0 aliphatic heterocycles. The zero-order valence-corrected chi connectivity index (χ0v) is 8.38. The number of hydrogen-bond acceptors (Lipinski definition) is 0. The van der Waals surface area contributed by atoms with Crippen LogP contribution in [0.1, 0.15) is 25.2 Å². The molecule has 1 aromatic heterocycles. The van der Waals surface area contributed by atoms with E-state index in [4.69, 9.17) is 0 Å². The van der Waals surface area contributed by atoms with Crippen LogP contribution in [0.2, 0.25) is 0 Å². The van der Waals surface area contributed by atoms with Crippen LogP contribution in [0.4, 0.5) is 0 Å². The van der Waals surface area contributed by atoms with Gasteiger partial charge in [0.2, 0.25) is 0 Å². The maximum atomic E-state index is 3.38. The first-order chi connectivity index (χ1) is 6.36. The van der Waals surface area contributed by atoms with Crippen molar-refractivity contribution in [2.45, 2.75) is 26.7 Å². The zero-order chi connectivity index (χ0) is 9.52. The highest BCUT2D eigenvalue weighted by atomic mass is 14.7. The molecule has 1 rings (SSSR count). The molecule has 0 unspecified atom stereocenters. The molecule has 1 aromatic rings. The highest BCUT2D eigenvalue weighted by Gasteiger charge is 1.94. The second-order valence-corrected chi connectivity index (χ2v) is 3.06. The summed E-state index contributed by atoms with van der Waals surface area (Å²) < 4.78 is 0. The number of hydrogen-bond donors (Lipinski definition) is 1. The molecule has 0 saturated carbocycles. The normalized spacial score (nSPS) is 11.8. The van der Waals surface area contributed by atoms with Crippen LogP contribution in [-0.4, -0.2) is 4.98 Å². The highest BCUT2D eigenvalue weighted by molar-refractivity contribution is 5.17. The topological polar surface area (TPSA) is 15.8 Å². The fourth-order valence-corrected chi connectivity index (χ4v) is 1.22. The fraction of sp³-hybridized carbons (Fsp3) is 0.333. The van der Waals surface area contributed by atoms with E-state index in [2.05, 4.69) is 41.4 Å². The molecular formula is C12H17N. The van der Waals surface area contributed by atoms with E-state index in [0.29, 0.717) is 0 Å². The van der Waals surface area contributed by atoms with Crippen molar-refractivity contribution in [1.29, 1.82) is 0 Å². The lowest BCUT2D eigenvalue weighted by Crippen LogP contribution is -1.83. The van der Waals surface area contributed by atoms with Crippen LogP contribution in [0.15, 0.2) is 36.4 Å². The third-order valence-electron chi connectivity index (χ3n) is 1.95. The number of H-pyrrole nitrogens is 1. The molecule has 0 bridgehead atoms. The van der Waals surface area contributed by atoms with E-state index in [9.17, 15) is 0 Å². The lowest BCUT2D eigenvalue weighted by Gasteiger charge is -1.91. The summed E-state index contributed by atoms with van der Waals surface area (Å²) in [6, 6.07) is 4.30. The lowest BCUT2D eigenvalue weighted by atomic mass is 10.3. The van der Waals surface area contributed by atoms with E-state index in [1.54, 1.807) is 0 Å². The molecule has 0 aromatic carbocycles. The first kappa shape index (κ1) is 9.85. The average molecular weight is 175 g/mol. The summed E-state index contributed by atoms with van der Waals surface area (Å²) in [4.78, 5) is 3.38. The SMILES string of the molecule is CC=CCc1ccc(CC=CC)[nH]1. The van der Waals surface area contributed by atoms with Gasteiger partial charge in [-0.25, -0.2) is 0 Å². The molecule has 1 heterocycles. The lowest BCUT2D eigenvalue weighted by molar-refractivity contribution is 1.07. The van der Waals surface area contributed by atoms with Crippen molar-refractivity contribution in [2.75, 3.05) is 0 Å². The first-order valence-electron chi connectivity index (χ1n) is 4.76. The van der Waals surface area contributed by atoms with Gasteiger partial charge >= 0.3 is 0 Å². The van der Waals surface area contributed by atoms with Crippen LogP contribution in [0.5, 0.6) is 0 Å². The number of aromatic nitrogens is 1. The molecule has 1 nitrogen and oxygen atoms in total. The quantitative estimate of drug-likeness (QED) is 0.676. The Kier molecular flexibility index (Phi) is 4.10. The van der Waals surface area contributed by atoms with Crippen LogP contribution in [-0.2, 0) is 12.8 Å². The Morgan fingerprint density at radius 3 is 1.85 bits per heavy atom. The number of allylic oxidation sites excluding steroid dienone is 4. The van der Waals surface area contributed by atoms with Crippen LogP contribution in [0.3, 0.4) is 0 Å². The minimum Gasteiger partial charge on any atom is -0.362 e. The predicted molar refractivity (Wildman–Crippen MR) is 57.8 cm³/mol.